The second kappa shape index (κ2) is 5.26. The minimum absolute atomic E-state index is 0.752. The Morgan fingerprint density at radius 3 is 2.60 bits per heavy atom. The van der Waals surface area contributed by atoms with Crippen LogP contribution in [0.5, 0.6) is 0 Å². The van der Waals surface area contributed by atoms with Crippen molar-refractivity contribution in [3.05, 3.63) is 64.7 Å². The highest BCUT2D eigenvalue weighted by molar-refractivity contribution is 6.33. The Hall–Kier alpha value is -1.86. The van der Waals surface area contributed by atoms with E-state index in [1.54, 1.807) is 0 Å². The fourth-order valence-corrected chi connectivity index (χ4v) is 2.77. The molecule has 2 aromatic carbocycles. The Kier molecular flexibility index (Phi) is 3.45. The molecule has 0 spiro atoms. The largest absolute Gasteiger partial charge is 0.247 e. The van der Waals surface area contributed by atoms with Crippen LogP contribution in [-0.2, 0) is 6.42 Å². The molecule has 0 saturated heterocycles. The van der Waals surface area contributed by atoms with Crippen molar-refractivity contribution in [1.82, 2.24) is 4.98 Å². The number of fused-ring (bicyclic) bond motifs is 1. The van der Waals surface area contributed by atoms with Gasteiger partial charge in [-0.25, -0.2) is 4.98 Å². The van der Waals surface area contributed by atoms with Crippen LogP contribution in [0.4, 0.5) is 0 Å². The van der Waals surface area contributed by atoms with E-state index < -0.39 is 0 Å². The average molecular weight is 282 g/mol. The van der Waals surface area contributed by atoms with Crippen molar-refractivity contribution in [3.8, 4) is 11.3 Å². The van der Waals surface area contributed by atoms with Crippen molar-refractivity contribution in [3.63, 3.8) is 0 Å². The molecule has 1 aromatic heterocycles. The van der Waals surface area contributed by atoms with Crippen LogP contribution < -0.4 is 0 Å². The first-order valence-electron chi connectivity index (χ1n) is 6.85. The first kappa shape index (κ1) is 13.1. The topological polar surface area (TPSA) is 12.9 Å². The van der Waals surface area contributed by atoms with Gasteiger partial charge in [0, 0.05) is 16.0 Å². The molecule has 2 heteroatoms. The van der Waals surface area contributed by atoms with Crippen LogP contribution in [-0.4, -0.2) is 4.98 Å². The Balaban J connectivity index is 2.34. The molecule has 0 atom stereocenters. The van der Waals surface area contributed by atoms with Crippen LogP contribution in [0.1, 0.15) is 18.1 Å². The molecule has 0 aliphatic carbocycles. The van der Waals surface area contributed by atoms with Gasteiger partial charge in [0.15, 0.2) is 0 Å². The number of aryl methyl sites for hydroxylation is 2. The summed E-state index contributed by atoms with van der Waals surface area (Å²) >= 11 is 6.34. The summed E-state index contributed by atoms with van der Waals surface area (Å²) in [6, 6.07) is 16.4. The van der Waals surface area contributed by atoms with Crippen LogP contribution in [0, 0.1) is 6.92 Å². The van der Waals surface area contributed by atoms with Gasteiger partial charge in [0.05, 0.1) is 11.2 Å². The minimum Gasteiger partial charge on any atom is -0.247 e. The molecule has 20 heavy (non-hydrogen) atoms. The number of hydrogen-bond acceptors (Lipinski definition) is 1. The van der Waals surface area contributed by atoms with Crippen molar-refractivity contribution >= 4 is 22.5 Å². The van der Waals surface area contributed by atoms with E-state index in [9.17, 15) is 0 Å². The van der Waals surface area contributed by atoms with Crippen molar-refractivity contribution in [2.75, 3.05) is 0 Å². The number of rotatable bonds is 2. The fraction of sp³-hybridized carbons (Fsp3) is 0.167. The third-order valence-corrected chi connectivity index (χ3v) is 3.97. The van der Waals surface area contributed by atoms with Gasteiger partial charge in [-0.05, 0) is 36.6 Å². The molecule has 0 N–H and O–H groups in total. The summed E-state index contributed by atoms with van der Waals surface area (Å²) in [5.74, 6) is 0. The zero-order chi connectivity index (χ0) is 14.1. The van der Waals surface area contributed by atoms with E-state index in [1.807, 2.05) is 24.3 Å². The van der Waals surface area contributed by atoms with E-state index in [-0.39, 0.29) is 0 Å². The summed E-state index contributed by atoms with van der Waals surface area (Å²) < 4.78 is 0. The van der Waals surface area contributed by atoms with Crippen molar-refractivity contribution in [2.45, 2.75) is 20.3 Å². The average Bonchev–Trinajstić information content (AvgIpc) is 2.47. The van der Waals surface area contributed by atoms with Gasteiger partial charge in [0.25, 0.3) is 0 Å². The molecule has 0 aliphatic rings. The summed E-state index contributed by atoms with van der Waals surface area (Å²) in [6.45, 7) is 4.25. The lowest BCUT2D eigenvalue weighted by Crippen LogP contribution is -1.95. The highest BCUT2D eigenvalue weighted by Gasteiger charge is 2.11. The molecule has 0 fully saturated rings. The lowest BCUT2D eigenvalue weighted by molar-refractivity contribution is 1.12. The number of para-hydroxylation sites is 1. The molecule has 0 amide bonds. The van der Waals surface area contributed by atoms with Gasteiger partial charge in [0.1, 0.15) is 0 Å². The predicted molar refractivity (Wildman–Crippen MR) is 86.3 cm³/mol. The summed E-state index contributed by atoms with van der Waals surface area (Å²) in [5, 5.41) is 1.94. The van der Waals surface area contributed by atoms with Gasteiger partial charge in [0.2, 0.25) is 0 Å². The van der Waals surface area contributed by atoms with Gasteiger partial charge in [-0.15, -0.1) is 0 Å². The molecule has 0 radical (unpaired) electrons. The van der Waals surface area contributed by atoms with E-state index in [2.05, 4.69) is 38.1 Å². The third-order valence-electron chi connectivity index (χ3n) is 3.64. The van der Waals surface area contributed by atoms with Crippen LogP contribution in [0.15, 0.2) is 48.5 Å². The Labute approximate surface area is 124 Å². The number of aromatic nitrogens is 1. The van der Waals surface area contributed by atoms with Crippen molar-refractivity contribution in [1.29, 1.82) is 0 Å². The van der Waals surface area contributed by atoms with Gasteiger partial charge in [-0.2, -0.15) is 0 Å². The van der Waals surface area contributed by atoms with E-state index in [0.29, 0.717) is 0 Å². The Morgan fingerprint density at radius 1 is 1.05 bits per heavy atom. The third kappa shape index (κ3) is 2.19. The second-order valence-electron chi connectivity index (χ2n) is 4.98. The predicted octanol–water partition coefficient (Wildman–Crippen LogP) is 5.43. The molecule has 3 rings (SSSR count). The molecule has 0 saturated carbocycles. The highest BCUT2D eigenvalue weighted by atomic mass is 35.5. The van der Waals surface area contributed by atoms with Crippen LogP contribution >= 0.6 is 11.6 Å². The standard InChI is InChI=1S/C18H16ClN/c1-3-13-11-14-8-6-7-12(2)17(14)20-18(13)15-9-4-5-10-16(15)19/h4-11H,3H2,1-2H3. The summed E-state index contributed by atoms with van der Waals surface area (Å²) in [7, 11) is 0. The SMILES string of the molecule is CCc1cc2cccc(C)c2nc1-c1ccccc1Cl. The van der Waals surface area contributed by atoms with E-state index in [0.717, 1.165) is 28.2 Å². The number of pyridine rings is 1. The second-order valence-corrected chi connectivity index (χ2v) is 5.38. The van der Waals surface area contributed by atoms with Crippen LogP contribution in [0.2, 0.25) is 5.02 Å². The summed E-state index contributed by atoms with van der Waals surface area (Å²) in [5.41, 5.74) is 5.49. The molecular weight excluding hydrogens is 266 g/mol. The summed E-state index contributed by atoms with van der Waals surface area (Å²) in [6.07, 6.45) is 0.942. The van der Waals surface area contributed by atoms with E-state index >= 15 is 0 Å². The van der Waals surface area contributed by atoms with Crippen LogP contribution in [0.3, 0.4) is 0 Å². The quantitative estimate of drug-likeness (QED) is 0.611. The zero-order valence-corrected chi connectivity index (χ0v) is 12.4. The maximum absolute atomic E-state index is 6.34. The molecule has 3 aromatic rings. The van der Waals surface area contributed by atoms with E-state index in [4.69, 9.17) is 16.6 Å². The molecule has 0 aliphatic heterocycles. The smallest absolute Gasteiger partial charge is 0.0756 e. The molecule has 1 heterocycles. The fourth-order valence-electron chi connectivity index (χ4n) is 2.55. The molecule has 0 unspecified atom stereocenters. The molecule has 100 valence electrons. The van der Waals surface area contributed by atoms with Gasteiger partial charge in [-0.3, -0.25) is 0 Å². The molecular formula is C18H16ClN. The lowest BCUT2D eigenvalue weighted by Gasteiger charge is -2.12. The number of halogens is 1. The minimum atomic E-state index is 0.752. The summed E-state index contributed by atoms with van der Waals surface area (Å²) in [4.78, 5) is 4.89. The monoisotopic (exact) mass is 281 g/mol. The van der Waals surface area contributed by atoms with Crippen molar-refractivity contribution in [2.24, 2.45) is 0 Å². The normalized spacial score (nSPS) is 10.9. The van der Waals surface area contributed by atoms with Gasteiger partial charge < -0.3 is 0 Å². The van der Waals surface area contributed by atoms with E-state index in [1.165, 1.54) is 16.5 Å². The zero-order valence-electron chi connectivity index (χ0n) is 11.7. The Morgan fingerprint density at radius 2 is 1.85 bits per heavy atom. The lowest BCUT2D eigenvalue weighted by atomic mass is 10.0. The first-order chi connectivity index (χ1) is 9.70. The molecule has 1 nitrogen and oxygen atoms in total. The Bertz CT molecular complexity index is 777. The van der Waals surface area contributed by atoms with Crippen LogP contribution in [0.25, 0.3) is 22.2 Å². The number of nitrogens with zero attached hydrogens (tertiary/aromatic N) is 1. The van der Waals surface area contributed by atoms with Gasteiger partial charge in [-0.1, -0.05) is 54.9 Å². The first-order valence-corrected chi connectivity index (χ1v) is 7.22. The maximum atomic E-state index is 6.34. The highest BCUT2D eigenvalue weighted by Crippen LogP contribution is 2.31. The van der Waals surface area contributed by atoms with Crippen molar-refractivity contribution < 1.29 is 0 Å². The number of hydrogen-bond donors (Lipinski definition) is 0. The van der Waals surface area contributed by atoms with Gasteiger partial charge >= 0.3 is 0 Å². The number of benzene rings is 2. The maximum Gasteiger partial charge on any atom is 0.0756 e. The molecule has 0 bridgehead atoms.